The fourth-order valence-electron chi connectivity index (χ4n) is 6.34. The summed E-state index contributed by atoms with van der Waals surface area (Å²) in [5.41, 5.74) is 3.59. The van der Waals surface area contributed by atoms with Crippen LogP contribution in [0.25, 0.3) is 11.1 Å². The number of benzene rings is 2. The summed E-state index contributed by atoms with van der Waals surface area (Å²) in [5.74, 6) is -0.481. The van der Waals surface area contributed by atoms with Gasteiger partial charge in [0.05, 0.1) is 11.7 Å². The normalized spacial score (nSPS) is 24.4. The van der Waals surface area contributed by atoms with Crippen molar-refractivity contribution in [2.75, 3.05) is 6.54 Å². The van der Waals surface area contributed by atoms with Crippen molar-refractivity contribution in [3.8, 4) is 11.1 Å². The van der Waals surface area contributed by atoms with Gasteiger partial charge in [-0.05, 0) is 68.9 Å². The second-order valence-corrected chi connectivity index (χ2v) is 10.5. The zero-order valence-corrected chi connectivity index (χ0v) is 21.5. The predicted octanol–water partition coefficient (Wildman–Crippen LogP) is 4.97. The molecule has 2 aromatic carbocycles. The van der Waals surface area contributed by atoms with Gasteiger partial charge in [0.15, 0.2) is 0 Å². The molecule has 1 unspecified atom stereocenters. The van der Waals surface area contributed by atoms with E-state index in [1.165, 1.54) is 12.1 Å². The maximum absolute atomic E-state index is 13.7. The lowest BCUT2D eigenvalue weighted by atomic mass is 9.92. The number of amides is 3. The number of halogens is 1. The van der Waals surface area contributed by atoms with Gasteiger partial charge in [-0.2, -0.15) is 0 Å². The number of carbonyl (C=O) groups is 3. The Bertz CT molecular complexity index is 1450. The maximum Gasteiger partial charge on any atom is 0.418 e. The summed E-state index contributed by atoms with van der Waals surface area (Å²) in [6.07, 6.45) is 1.57. The third-order valence-electron chi connectivity index (χ3n) is 8.19. The monoisotopic (exact) mass is 517 g/mol. The van der Waals surface area contributed by atoms with E-state index in [2.05, 4.69) is 5.16 Å². The van der Waals surface area contributed by atoms with Gasteiger partial charge >= 0.3 is 6.09 Å². The van der Waals surface area contributed by atoms with Crippen LogP contribution in [0.3, 0.4) is 0 Å². The fourth-order valence-corrected chi connectivity index (χ4v) is 6.34. The van der Waals surface area contributed by atoms with Crippen molar-refractivity contribution in [2.45, 2.75) is 64.1 Å². The first-order valence-corrected chi connectivity index (χ1v) is 12.9. The molecular weight excluding hydrogens is 489 g/mol. The van der Waals surface area contributed by atoms with Crippen molar-refractivity contribution >= 4 is 17.9 Å². The number of aryl methyl sites for hydroxylation is 3. The first-order chi connectivity index (χ1) is 18.2. The van der Waals surface area contributed by atoms with Crippen LogP contribution in [0, 0.1) is 19.7 Å². The Balaban J connectivity index is 1.25. The second-order valence-electron chi connectivity index (χ2n) is 10.5. The molecule has 0 bridgehead atoms. The number of imide groups is 1. The van der Waals surface area contributed by atoms with Crippen LogP contribution in [0.2, 0.25) is 0 Å². The molecule has 2 saturated heterocycles. The molecule has 3 heterocycles. The molecule has 1 spiro atoms. The van der Waals surface area contributed by atoms with Crippen LogP contribution in [0.4, 0.5) is 9.18 Å². The Kier molecular flexibility index (Phi) is 5.63. The number of aromatic nitrogens is 1. The van der Waals surface area contributed by atoms with Crippen LogP contribution in [0.15, 0.2) is 47.0 Å². The maximum atomic E-state index is 13.7. The molecule has 1 aromatic heterocycles. The fraction of sp³-hybridized carbons (Fsp3) is 0.379. The molecule has 3 aliphatic rings. The minimum absolute atomic E-state index is 0.0739. The lowest BCUT2D eigenvalue weighted by Crippen LogP contribution is -2.46. The van der Waals surface area contributed by atoms with Crippen molar-refractivity contribution in [3.63, 3.8) is 0 Å². The summed E-state index contributed by atoms with van der Waals surface area (Å²) in [6.45, 7) is 5.27. The van der Waals surface area contributed by atoms with Crippen LogP contribution in [0.1, 0.15) is 60.4 Å². The highest BCUT2D eigenvalue weighted by molar-refractivity contribution is 6.06. The minimum Gasteiger partial charge on any atom is -0.427 e. The van der Waals surface area contributed by atoms with Gasteiger partial charge in [-0.15, -0.1) is 0 Å². The largest absolute Gasteiger partial charge is 0.427 e. The minimum atomic E-state index is -1.42. The van der Waals surface area contributed by atoms with E-state index in [-0.39, 0.29) is 23.8 Å². The zero-order chi connectivity index (χ0) is 26.8. The molecule has 0 saturated carbocycles. The molecule has 196 valence electrons. The molecule has 1 aliphatic carbocycles. The second kappa shape index (κ2) is 8.79. The number of rotatable bonds is 4. The SMILES string of the molecule is Cc1noc(C)c1-c1ccc2c(c1)CCC21OC(=O)N(CC(=O)N2[C@@H](C)CC[C@H]2c2ccc(F)cc2)C1=O. The summed E-state index contributed by atoms with van der Waals surface area (Å²) in [6, 6.07) is 11.5. The van der Waals surface area contributed by atoms with E-state index in [1.807, 2.05) is 39.0 Å². The third-order valence-corrected chi connectivity index (χ3v) is 8.19. The van der Waals surface area contributed by atoms with Crippen molar-refractivity contribution < 1.29 is 28.0 Å². The number of fused-ring (bicyclic) bond motifs is 2. The van der Waals surface area contributed by atoms with E-state index in [9.17, 15) is 18.8 Å². The predicted molar refractivity (Wildman–Crippen MR) is 134 cm³/mol. The highest BCUT2D eigenvalue weighted by Crippen LogP contribution is 2.47. The number of hydrogen-bond donors (Lipinski definition) is 0. The average molecular weight is 518 g/mol. The van der Waals surface area contributed by atoms with Crippen molar-refractivity contribution in [1.82, 2.24) is 15.0 Å². The van der Waals surface area contributed by atoms with E-state index in [4.69, 9.17) is 9.26 Å². The number of likely N-dealkylation sites (tertiary alicyclic amines) is 1. The Morgan fingerprint density at radius 3 is 2.61 bits per heavy atom. The number of hydrogen-bond acceptors (Lipinski definition) is 6. The zero-order valence-electron chi connectivity index (χ0n) is 21.5. The van der Waals surface area contributed by atoms with Crippen molar-refractivity contribution in [1.29, 1.82) is 0 Å². The lowest BCUT2D eigenvalue weighted by Gasteiger charge is -2.30. The molecular formula is C29H28FN3O5. The molecule has 2 aliphatic heterocycles. The van der Waals surface area contributed by atoms with E-state index < -0.39 is 24.1 Å². The molecule has 3 aromatic rings. The molecule has 2 fully saturated rings. The lowest BCUT2D eigenvalue weighted by molar-refractivity contribution is -0.143. The van der Waals surface area contributed by atoms with Gasteiger partial charge in [0, 0.05) is 23.6 Å². The molecule has 8 nitrogen and oxygen atoms in total. The van der Waals surface area contributed by atoms with E-state index >= 15 is 0 Å². The van der Waals surface area contributed by atoms with Crippen LogP contribution < -0.4 is 0 Å². The van der Waals surface area contributed by atoms with Gasteiger partial charge in [-0.25, -0.2) is 14.1 Å². The van der Waals surface area contributed by atoms with Gasteiger partial charge < -0.3 is 14.2 Å². The molecule has 9 heteroatoms. The van der Waals surface area contributed by atoms with Crippen LogP contribution in [0.5, 0.6) is 0 Å². The number of carbonyl (C=O) groups excluding carboxylic acids is 3. The molecule has 3 amide bonds. The van der Waals surface area contributed by atoms with Crippen LogP contribution in [-0.4, -0.2) is 45.5 Å². The highest BCUT2D eigenvalue weighted by Gasteiger charge is 2.58. The van der Waals surface area contributed by atoms with E-state index in [0.29, 0.717) is 24.2 Å². The standard InChI is InChI=1S/C29H28FN3O5/c1-16-4-11-24(19-5-8-22(30)9-6-19)33(16)25(34)15-32-27(35)29(37-28(32)36)13-12-20-14-21(7-10-23(20)29)26-17(2)31-38-18(26)3/h5-10,14,16,24H,4,11-13,15H2,1-3H3/t16-,24-,29?/m0/s1. The first kappa shape index (κ1) is 24.3. The Labute approximate surface area is 219 Å². The molecule has 6 rings (SSSR count). The number of nitrogens with zero attached hydrogens (tertiary/aromatic N) is 3. The first-order valence-electron chi connectivity index (χ1n) is 12.9. The highest BCUT2D eigenvalue weighted by atomic mass is 19.1. The van der Waals surface area contributed by atoms with Crippen LogP contribution >= 0.6 is 0 Å². The van der Waals surface area contributed by atoms with Crippen molar-refractivity contribution in [2.24, 2.45) is 0 Å². The third kappa shape index (κ3) is 3.63. The summed E-state index contributed by atoms with van der Waals surface area (Å²) < 4.78 is 24.5. The van der Waals surface area contributed by atoms with Gasteiger partial charge in [0.25, 0.3) is 5.91 Å². The molecule has 38 heavy (non-hydrogen) atoms. The van der Waals surface area contributed by atoms with Gasteiger partial charge in [0.1, 0.15) is 18.1 Å². The van der Waals surface area contributed by atoms with Gasteiger partial charge in [-0.3, -0.25) is 9.59 Å². The van der Waals surface area contributed by atoms with Gasteiger partial charge in [0.2, 0.25) is 11.5 Å². The summed E-state index contributed by atoms with van der Waals surface area (Å²) >= 11 is 0. The summed E-state index contributed by atoms with van der Waals surface area (Å²) in [5, 5.41) is 4.03. The van der Waals surface area contributed by atoms with Crippen molar-refractivity contribution in [3.05, 3.63) is 76.4 Å². The van der Waals surface area contributed by atoms with Crippen LogP contribution in [-0.2, 0) is 26.3 Å². The molecule has 3 atom stereocenters. The summed E-state index contributed by atoms with van der Waals surface area (Å²) in [4.78, 5) is 42.8. The molecule has 0 radical (unpaired) electrons. The smallest absolute Gasteiger partial charge is 0.418 e. The Hall–Kier alpha value is -4.01. The topological polar surface area (TPSA) is 93.0 Å². The summed E-state index contributed by atoms with van der Waals surface area (Å²) in [7, 11) is 0. The van der Waals surface area contributed by atoms with Gasteiger partial charge in [-0.1, -0.05) is 35.5 Å². The number of ether oxygens (including phenoxy) is 1. The Morgan fingerprint density at radius 1 is 1.13 bits per heavy atom. The quantitative estimate of drug-likeness (QED) is 0.485. The Morgan fingerprint density at radius 2 is 1.89 bits per heavy atom. The van der Waals surface area contributed by atoms with E-state index in [0.717, 1.165) is 45.7 Å². The van der Waals surface area contributed by atoms with E-state index in [1.54, 1.807) is 17.0 Å². The average Bonchev–Trinajstić information content (AvgIpc) is 3.62. The molecule has 0 N–H and O–H groups in total.